The molecule has 1 heterocycles. The fourth-order valence-corrected chi connectivity index (χ4v) is 1.81. The molecule has 0 aliphatic heterocycles. The molecule has 0 bridgehead atoms. The number of rotatable bonds is 6. The number of aliphatic carboxylic acids is 1. The summed E-state index contributed by atoms with van der Waals surface area (Å²) in [6.07, 6.45) is 0.588. The van der Waals surface area contributed by atoms with Crippen molar-refractivity contribution in [3.63, 3.8) is 0 Å². The summed E-state index contributed by atoms with van der Waals surface area (Å²) in [6.45, 7) is 3.53. The van der Waals surface area contributed by atoms with Crippen molar-refractivity contribution in [1.29, 1.82) is 0 Å². The van der Waals surface area contributed by atoms with Gasteiger partial charge in [0.25, 0.3) is 5.91 Å². The third-order valence-electron chi connectivity index (χ3n) is 3.28. The fourth-order valence-electron chi connectivity index (χ4n) is 1.81. The molecule has 1 rings (SSSR count). The van der Waals surface area contributed by atoms with Crippen LogP contribution >= 0.6 is 0 Å². The Labute approximate surface area is 115 Å². The topological polar surface area (TPSA) is 114 Å². The lowest BCUT2D eigenvalue weighted by molar-refractivity contribution is -0.391. The molecular weight excluding hydrogens is 266 g/mol. The van der Waals surface area contributed by atoms with Gasteiger partial charge < -0.3 is 20.5 Å². The zero-order chi connectivity index (χ0) is 15.4. The average Bonchev–Trinajstić information content (AvgIpc) is 2.76. The van der Waals surface area contributed by atoms with E-state index in [-0.39, 0.29) is 17.4 Å². The molecule has 2 atom stereocenters. The predicted molar refractivity (Wildman–Crippen MR) is 70.4 cm³/mol. The number of carbonyl (C=O) groups excluding carboxylic acids is 1. The lowest BCUT2D eigenvalue weighted by Gasteiger charge is -2.19. The fraction of sp³-hybridized carbons (Fsp3) is 0.500. The van der Waals surface area contributed by atoms with Crippen molar-refractivity contribution in [3.05, 3.63) is 27.9 Å². The van der Waals surface area contributed by atoms with Crippen molar-refractivity contribution in [2.75, 3.05) is 0 Å². The number of hydrogen-bond acceptors (Lipinski definition) is 4. The van der Waals surface area contributed by atoms with Gasteiger partial charge in [-0.3, -0.25) is 4.79 Å². The van der Waals surface area contributed by atoms with Crippen molar-refractivity contribution >= 4 is 17.7 Å². The first-order valence-electron chi connectivity index (χ1n) is 6.13. The molecule has 20 heavy (non-hydrogen) atoms. The maximum atomic E-state index is 12.0. The molecule has 0 radical (unpaired) electrons. The number of aromatic nitrogens is 1. The molecule has 1 aromatic heterocycles. The van der Waals surface area contributed by atoms with E-state index in [1.807, 2.05) is 6.92 Å². The molecule has 0 saturated heterocycles. The molecule has 0 aromatic carbocycles. The molecule has 0 saturated carbocycles. The highest BCUT2D eigenvalue weighted by molar-refractivity contribution is 5.95. The molecule has 0 spiro atoms. The van der Waals surface area contributed by atoms with Gasteiger partial charge >= 0.3 is 11.8 Å². The zero-order valence-corrected chi connectivity index (χ0v) is 11.5. The van der Waals surface area contributed by atoms with Gasteiger partial charge in [0, 0.05) is 6.07 Å². The largest absolute Gasteiger partial charge is 0.480 e. The van der Waals surface area contributed by atoms with E-state index in [2.05, 4.69) is 5.32 Å². The van der Waals surface area contributed by atoms with Crippen LogP contribution in [0.2, 0.25) is 0 Å². The van der Waals surface area contributed by atoms with E-state index >= 15 is 0 Å². The third-order valence-corrected chi connectivity index (χ3v) is 3.28. The highest BCUT2D eigenvalue weighted by Crippen LogP contribution is 2.16. The molecule has 8 heteroatoms. The van der Waals surface area contributed by atoms with Crippen LogP contribution in [0.4, 0.5) is 5.82 Å². The van der Waals surface area contributed by atoms with Gasteiger partial charge in [-0.15, -0.1) is 0 Å². The standard InChI is InChI=1S/C12H17N3O5/c1-4-7(2)10(12(17)18)13-11(16)8-5-6-9(14(8)3)15(19)20/h5-7,10H,4H2,1-3H3,(H,13,16)(H,17,18). The number of carbonyl (C=O) groups is 2. The van der Waals surface area contributed by atoms with Gasteiger partial charge in [-0.1, -0.05) is 20.3 Å². The monoisotopic (exact) mass is 283 g/mol. The van der Waals surface area contributed by atoms with E-state index < -0.39 is 22.8 Å². The molecule has 1 amide bonds. The molecule has 0 aliphatic rings. The Balaban J connectivity index is 2.95. The number of nitrogens with zero attached hydrogens (tertiary/aromatic N) is 2. The van der Waals surface area contributed by atoms with Crippen molar-refractivity contribution in [3.8, 4) is 0 Å². The van der Waals surface area contributed by atoms with E-state index in [9.17, 15) is 19.7 Å². The van der Waals surface area contributed by atoms with Crippen LogP contribution in [0, 0.1) is 16.0 Å². The minimum atomic E-state index is -1.13. The second kappa shape index (κ2) is 6.18. The Bertz CT molecular complexity index is 537. The second-order valence-corrected chi connectivity index (χ2v) is 4.57. The molecule has 2 unspecified atom stereocenters. The smallest absolute Gasteiger partial charge is 0.326 e. The van der Waals surface area contributed by atoms with Gasteiger partial charge in [-0.05, 0) is 16.9 Å². The Hall–Kier alpha value is -2.38. The lowest BCUT2D eigenvalue weighted by atomic mass is 9.99. The van der Waals surface area contributed by atoms with Crippen LogP contribution in [0.25, 0.3) is 0 Å². The quantitative estimate of drug-likeness (QED) is 0.600. The number of carboxylic acid groups (broad SMARTS) is 1. The Morgan fingerprint density at radius 3 is 2.50 bits per heavy atom. The van der Waals surface area contributed by atoms with Gasteiger partial charge in [-0.25, -0.2) is 9.36 Å². The second-order valence-electron chi connectivity index (χ2n) is 4.57. The van der Waals surface area contributed by atoms with E-state index in [0.717, 1.165) is 4.57 Å². The Kier molecular flexibility index (Phi) is 4.84. The van der Waals surface area contributed by atoms with Crippen LogP contribution in [0.1, 0.15) is 30.8 Å². The summed E-state index contributed by atoms with van der Waals surface area (Å²) in [5, 5.41) is 22.2. The molecule has 0 aliphatic carbocycles. The summed E-state index contributed by atoms with van der Waals surface area (Å²) < 4.78 is 1.12. The minimum Gasteiger partial charge on any atom is -0.480 e. The normalized spacial score (nSPS) is 13.6. The zero-order valence-electron chi connectivity index (χ0n) is 11.5. The van der Waals surface area contributed by atoms with Crippen LogP contribution in [0.5, 0.6) is 0 Å². The number of nitro groups is 1. The maximum absolute atomic E-state index is 12.0. The van der Waals surface area contributed by atoms with Crippen LogP contribution in [-0.2, 0) is 11.8 Å². The summed E-state index contributed by atoms with van der Waals surface area (Å²) in [5.41, 5.74) is 0.0475. The lowest BCUT2D eigenvalue weighted by Crippen LogP contribution is -2.45. The number of amides is 1. The summed E-state index contributed by atoms with van der Waals surface area (Å²) in [7, 11) is 1.38. The van der Waals surface area contributed by atoms with Crippen molar-refractivity contribution < 1.29 is 19.6 Å². The number of nitrogens with one attached hydrogen (secondary N) is 1. The third kappa shape index (κ3) is 3.14. The first-order valence-corrected chi connectivity index (χ1v) is 6.13. The molecule has 1 aromatic rings. The number of hydrogen-bond donors (Lipinski definition) is 2. The molecule has 110 valence electrons. The van der Waals surface area contributed by atoms with Crippen LogP contribution in [-0.4, -0.2) is 32.5 Å². The molecule has 0 fully saturated rings. The maximum Gasteiger partial charge on any atom is 0.326 e. The van der Waals surface area contributed by atoms with Gasteiger partial charge in [0.15, 0.2) is 5.69 Å². The van der Waals surface area contributed by atoms with E-state index in [1.165, 1.54) is 19.2 Å². The van der Waals surface area contributed by atoms with Crippen LogP contribution in [0.3, 0.4) is 0 Å². The first kappa shape index (κ1) is 15.7. The molecular formula is C12H17N3O5. The van der Waals surface area contributed by atoms with Gasteiger partial charge in [-0.2, -0.15) is 0 Å². The van der Waals surface area contributed by atoms with E-state index in [1.54, 1.807) is 6.92 Å². The summed E-state index contributed by atoms with van der Waals surface area (Å²) >= 11 is 0. The van der Waals surface area contributed by atoms with Gasteiger partial charge in [0.1, 0.15) is 6.04 Å². The predicted octanol–water partition coefficient (Wildman–Crippen LogP) is 1.16. The number of carboxylic acids is 1. The summed E-state index contributed by atoms with van der Waals surface area (Å²) in [5.74, 6) is -2.25. The first-order chi connectivity index (χ1) is 9.29. The highest BCUT2D eigenvalue weighted by atomic mass is 16.6. The highest BCUT2D eigenvalue weighted by Gasteiger charge is 2.28. The molecule has 8 nitrogen and oxygen atoms in total. The van der Waals surface area contributed by atoms with Crippen LogP contribution in [0.15, 0.2) is 12.1 Å². The minimum absolute atomic E-state index is 0.0475. The average molecular weight is 283 g/mol. The van der Waals surface area contributed by atoms with Gasteiger partial charge in [0.05, 0.1) is 7.05 Å². The van der Waals surface area contributed by atoms with E-state index in [4.69, 9.17) is 5.11 Å². The molecule has 2 N–H and O–H groups in total. The summed E-state index contributed by atoms with van der Waals surface area (Å²) in [4.78, 5) is 33.2. The SMILES string of the molecule is CCC(C)C(NC(=O)c1ccc([N+](=O)[O-])n1C)C(=O)O. The van der Waals surface area contributed by atoms with Crippen molar-refractivity contribution in [1.82, 2.24) is 9.88 Å². The Morgan fingerprint density at radius 2 is 2.10 bits per heavy atom. The Morgan fingerprint density at radius 1 is 1.50 bits per heavy atom. The van der Waals surface area contributed by atoms with Crippen molar-refractivity contribution in [2.45, 2.75) is 26.3 Å². The van der Waals surface area contributed by atoms with Crippen molar-refractivity contribution in [2.24, 2.45) is 13.0 Å². The van der Waals surface area contributed by atoms with Gasteiger partial charge in [0.2, 0.25) is 0 Å². The van der Waals surface area contributed by atoms with Crippen LogP contribution < -0.4 is 5.32 Å². The van der Waals surface area contributed by atoms with E-state index in [0.29, 0.717) is 6.42 Å². The summed E-state index contributed by atoms with van der Waals surface area (Å²) in [6, 6.07) is 1.47.